The summed E-state index contributed by atoms with van der Waals surface area (Å²) in [7, 11) is 0. The van der Waals surface area contributed by atoms with Crippen LogP contribution in [0.3, 0.4) is 0 Å². The number of aliphatic hydroxyl groups is 1. The average molecular weight is 312 g/mol. The number of benzene rings is 1. The van der Waals surface area contributed by atoms with Crippen LogP contribution in [0.15, 0.2) is 24.3 Å². The molecule has 6 heteroatoms. The minimum Gasteiger partial charge on any atom is -0.491 e. The van der Waals surface area contributed by atoms with E-state index in [1.165, 1.54) is 0 Å². The molecule has 0 aliphatic rings. The van der Waals surface area contributed by atoms with Gasteiger partial charge in [0.05, 0.1) is 13.2 Å². The van der Waals surface area contributed by atoms with Gasteiger partial charge >= 0.3 is 5.97 Å². The lowest BCUT2D eigenvalue weighted by molar-refractivity contribution is -0.152. The molecule has 1 unspecified atom stereocenters. The normalized spacial score (nSPS) is 12.0. The monoisotopic (exact) mass is 312 g/mol. The summed E-state index contributed by atoms with van der Waals surface area (Å²) in [5.74, 6) is 0.101. The van der Waals surface area contributed by atoms with Gasteiger partial charge < -0.3 is 24.1 Å². The molecule has 0 saturated carbocycles. The van der Waals surface area contributed by atoms with Crippen molar-refractivity contribution >= 4 is 5.97 Å². The Kier molecular flexibility index (Phi) is 9.21. The second-order valence-corrected chi connectivity index (χ2v) is 4.48. The molecule has 1 N–H and O–H groups in total. The zero-order valence-corrected chi connectivity index (χ0v) is 13.1. The Bertz CT molecular complexity index is 417. The first-order valence-corrected chi connectivity index (χ1v) is 7.39. The molecule has 0 radical (unpaired) electrons. The molecule has 1 atom stereocenters. The first-order valence-electron chi connectivity index (χ1n) is 7.39. The highest BCUT2D eigenvalue weighted by atomic mass is 16.7. The first kappa shape index (κ1) is 18.4. The summed E-state index contributed by atoms with van der Waals surface area (Å²) in [6.45, 7) is 5.63. The van der Waals surface area contributed by atoms with Crippen molar-refractivity contribution in [3.05, 3.63) is 29.8 Å². The number of aliphatic hydroxyl groups excluding tert-OH is 1. The van der Waals surface area contributed by atoms with Crippen molar-refractivity contribution < 1.29 is 28.8 Å². The van der Waals surface area contributed by atoms with Gasteiger partial charge in [0, 0.05) is 13.0 Å². The van der Waals surface area contributed by atoms with Crippen molar-refractivity contribution in [3.8, 4) is 5.75 Å². The molecule has 6 nitrogen and oxygen atoms in total. The summed E-state index contributed by atoms with van der Waals surface area (Å²) in [5.41, 5.74) is 0.834. The number of carbonyl (C=O) groups is 1. The molecule has 22 heavy (non-hydrogen) atoms. The van der Waals surface area contributed by atoms with Gasteiger partial charge in [0.2, 0.25) is 0 Å². The smallest absolute Gasteiger partial charge is 0.335 e. The summed E-state index contributed by atoms with van der Waals surface area (Å²) in [6, 6.07) is 7.18. The molecule has 0 saturated heterocycles. The third-order valence-electron chi connectivity index (χ3n) is 2.78. The van der Waals surface area contributed by atoms with Gasteiger partial charge in [-0.15, -0.1) is 0 Å². The van der Waals surface area contributed by atoms with Crippen molar-refractivity contribution in [1.82, 2.24) is 0 Å². The lowest BCUT2D eigenvalue weighted by atomic mass is 10.1. The highest BCUT2D eigenvalue weighted by molar-refractivity contribution is 5.74. The highest BCUT2D eigenvalue weighted by Crippen LogP contribution is 2.13. The minimum absolute atomic E-state index is 0.219. The van der Waals surface area contributed by atoms with E-state index >= 15 is 0 Å². The fraction of sp³-hybridized carbons (Fsp3) is 0.562. The van der Waals surface area contributed by atoms with Crippen LogP contribution in [0.25, 0.3) is 0 Å². The van der Waals surface area contributed by atoms with Gasteiger partial charge in [-0.1, -0.05) is 12.1 Å². The molecule has 0 aliphatic heterocycles. The fourth-order valence-corrected chi connectivity index (χ4v) is 1.69. The van der Waals surface area contributed by atoms with Crippen LogP contribution in [0.4, 0.5) is 0 Å². The van der Waals surface area contributed by atoms with Gasteiger partial charge in [0.1, 0.15) is 19.1 Å². The number of hydrogen-bond donors (Lipinski definition) is 1. The molecular weight excluding hydrogens is 288 g/mol. The van der Waals surface area contributed by atoms with Crippen molar-refractivity contribution in [2.45, 2.75) is 26.4 Å². The van der Waals surface area contributed by atoms with Crippen molar-refractivity contribution in [2.24, 2.45) is 0 Å². The summed E-state index contributed by atoms with van der Waals surface area (Å²) in [5, 5.41) is 9.68. The van der Waals surface area contributed by atoms with Gasteiger partial charge in [-0.25, -0.2) is 4.79 Å². The van der Waals surface area contributed by atoms with Crippen LogP contribution in [-0.2, 0) is 25.4 Å². The van der Waals surface area contributed by atoms with E-state index in [1.807, 2.05) is 6.92 Å². The molecule has 124 valence electrons. The van der Waals surface area contributed by atoms with Crippen LogP contribution >= 0.6 is 0 Å². The number of carbonyl (C=O) groups excluding carboxylic acids is 1. The van der Waals surface area contributed by atoms with E-state index < -0.39 is 12.1 Å². The standard InChI is InChI=1S/C16H24O6/c1-3-19-12-20-9-10-22-14-7-5-13(6-8-14)11-15(17)16(18)21-4-2/h5-8,15,17H,3-4,9-12H2,1-2H3. The van der Waals surface area contributed by atoms with Crippen LogP contribution < -0.4 is 4.74 Å². The number of hydrogen-bond acceptors (Lipinski definition) is 6. The van der Waals surface area contributed by atoms with Gasteiger partial charge in [-0.3, -0.25) is 0 Å². The Morgan fingerprint density at radius 3 is 2.45 bits per heavy atom. The van der Waals surface area contributed by atoms with Crippen molar-refractivity contribution in [3.63, 3.8) is 0 Å². The molecule has 0 aromatic heterocycles. The lowest BCUT2D eigenvalue weighted by Gasteiger charge is -2.11. The Hall–Kier alpha value is -1.63. The van der Waals surface area contributed by atoms with Crippen LogP contribution in [-0.4, -0.2) is 50.4 Å². The largest absolute Gasteiger partial charge is 0.491 e. The maximum absolute atomic E-state index is 11.3. The van der Waals surface area contributed by atoms with Gasteiger partial charge in [-0.05, 0) is 31.5 Å². The Balaban J connectivity index is 2.29. The fourth-order valence-electron chi connectivity index (χ4n) is 1.69. The maximum Gasteiger partial charge on any atom is 0.335 e. The van der Waals surface area contributed by atoms with Gasteiger partial charge in [0.15, 0.2) is 6.10 Å². The predicted octanol–water partition coefficient (Wildman–Crippen LogP) is 1.54. The van der Waals surface area contributed by atoms with E-state index in [-0.39, 0.29) is 19.8 Å². The molecular formula is C16H24O6. The van der Waals surface area contributed by atoms with E-state index in [0.717, 1.165) is 5.56 Å². The molecule has 0 amide bonds. The average Bonchev–Trinajstić information content (AvgIpc) is 2.52. The second kappa shape index (κ2) is 11.0. The molecule has 1 aromatic carbocycles. The second-order valence-electron chi connectivity index (χ2n) is 4.48. The topological polar surface area (TPSA) is 74.2 Å². The predicted molar refractivity (Wildman–Crippen MR) is 80.7 cm³/mol. The molecule has 0 heterocycles. The number of esters is 1. The molecule has 1 rings (SSSR count). The molecule has 1 aromatic rings. The summed E-state index contributed by atoms with van der Waals surface area (Å²) in [4.78, 5) is 11.3. The van der Waals surface area contributed by atoms with E-state index in [2.05, 4.69) is 0 Å². The van der Waals surface area contributed by atoms with Crippen LogP contribution in [0, 0.1) is 0 Å². The number of ether oxygens (including phenoxy) is 4. The molecule has 0 aliphatic carbocycles. The highest BCUT2D eigenvalue weighted by Gasteiger charge is 2.16. The Morgan fingerprint density at radius 1 is 1.09 bits per heavy atom. The van der Waals surface area contributed by atoms with E-state index in [4.69, 9.17) is 18.9 Å². The van der Waals surface area contributed by atoms with E-state index in [1.54, 1.807) is 31.2 Å². The third kappa shape index (κ3) is 7.40. The molecule has 0 bridgehead atoms. The first-order chi connectivity index (χ1) is 10.7. The van der Waals surface area contributed by atoms with E-state index in [0.29, 0.717) is 25.6 Å². The number of rotatable bonds is 11. The zero-order chi connectivity index (χ0) is 16.2. The maximum atomic E-state index is 11.3. The van der Waals surface area contributed by atoms with Gasteiger partial charge in [0.25, 0.3) is 0 Å². The van der Waals surface area contributed by atoms with Crippen LogP contribution in [0.2, 0.25) is 0 Å². The van der Waals surface area contributed by atoms with Crippen molar-refractivity contribution in [2.75, 3.05) is 33.2 Å². The van der Waals surface area contributed by atoms with Gasteiger partial charge in [-0.2, -0.15) is 0 Å². The van der Waals surface area contributed by atoms with Crippen LogP contribution in [0.5, 0.6) is 5.75 Å². The summed E-state index contributed by atoms with van der Waals surface area (Å²) >= 11 is 0. The molecule has 0 spiro atoms. The minimum atomic E-state index is -1.14. The van der Waals surface area contributed by atoms with Crippen LogP contribution in [0.1, 0.15) is 19.4 Å². The zero-order valence-electron chi connectivity index (χ0n) is 13.1. The lowest BCUT2D eigenvalue weighted by Crippen LogP contribution is -2.25. The van der Waals surface area contributed by atoms with Crippen molar-refractivity contribution in [1.29, 1.82) is 0 Å². The summed E-state index contributed by atoms with van der Waals surface area (Å²) < 4.78 is 20.5. The van der Waals surface area contributed by atoms with E-state index in [9.17, 15) is 9.90 Å². The molecule has 0 fully saturated rings. The Labute approximate surface area is 130 Å². The Morgan fingerprint density at radius 2 is 1.82 bits per heavy atom. The third-order valence-corrected chi connectivity index (χ3v) is 2.78. The quantitative estimate of drug-likeness (QED) is 0.379. The SMILES string of the molecule is CCOCOCCOc1ccc(CC(O)C(=O)OCC)cc1. The summed E-state index contributed by atoms with van der Waals surface area (Å²) in [6.07, 6.45) is -0.921.